The van der Waals surface area contributed by atoms with E-state index in [-0.39, 0.29) is 12.5 Å². The maximum atomic E-state index is 11.8. The first-order valence-electron chi connectivity index (χ1n) is 3.04. The highest BCUT2D eigenvalue weighted by Gasteiger charge is 2.09. The molecule has 0 unspecified atom stereocenters. The summed E-state index contributed by atoms with van der Waals surface area (Å²) in [4.78, 5) is 4.87. The van der Waals surface area contributed by atoms with Gasteiger partial charge in [0.25, 0.3) is 6.43 Å². The number of aliphatic imine (C=N–C) groups is 1. The molecule has 6 heteroatoms. The summed E-state index contributed by atoms with van der Waals surface area (Å²) in [6.07, 6.45) is -2.38. The van der Waals surface area contributed by atoms with Crippen molar-refractivity contribution in [3.05, 3.63) is 0 Å². The van der Waals surface area contributed by atoms with Gasteiger partial charge in [-0.25, -0.2) is 14.6 Å². The smallest absolute Gasteiger partial charge is 0.255 e. The highest BCUT2D eigenvalue weighted by Crippen LogP contribution is 1.94. The summed E-state index contributed by atoms with van der Waals surface area (Å²) in [5.74, 6) is 5.23. The number of guanidine groups is 1. The maximum Gasteiger partial charge on any atom is 0.255 e. The van der Waals surface area contributed by atoms with Gasteiger partial charge in [0.05, 0.1) is 6.54 Å². The van der Waals surface area contributed by atoms with E-state index in [1.165, 1.54) is 19.0 Å². The van der Waals surface area contributed by atoms with Crippen molar-refractivity contribution in [1.29, 1.82) is 0 Å². The molecule has 3 N–H and O–H groups in total. The van der Waals surface area contributed by atoms with Crippen LogP contribution in [0.25, 0.3) is 0 Å². The van der Waals surface area contributed by atoms with Gasteiger partial charge in [0.15, 0.2) is 0 Å². The highest BCUT2D eigenvalue weighted by molar-refractivity contribution is 5.78. The lowest BCUT2D eigenvalue weighted by atomic mass is 10.6. The number of nitrogens with two attached hydrogens (primary N) is 1. The molecule has 0 fully saturated rings. The minimum Gasteiger partial charge on any atom is -0.339 e. The van der Waals surface area contributed by atoms with E-state index in [2.05, 4.69) is 10.4 Å². The molecular formula is C5H12F2N4. The van der Waals surface area contributed by atoms with E-state index >= 15 is 0 Å². The molecule has 0 aliphatic carbocycles. The second kappa shape index (κ2) is 4.84. The third kappa shape index (κ3) is 3.72. The molecule has 0 bridgehead atoms. The zero-order valence-corrected chi connectivity index (χ0v) is 6.51. The van der Waals surface area contributed by atoms with Crippen LogP contribution in [0.3, 0.4) is 0 Å². The van der Waals surface area contributed by atoms with Crippen molar-refractivity contribution in [2.24, 2.45) is 10.8 Å². The molecule has 0 heterocycles. The van der Waals surface area contributed by atoms with Crippen LogP contribution in [0.5, 0.6) is 0 Å². The van der Waals surface area contributed by atoms with Crippen LogP contribution in [0, 0.1) is 0 Å². The Morgan fingerprint density at radius 2 is 2.27 bits per heavy atom. The quantitative estimate of drug-likeness (QED) is 0.255. The summed E-state index contributed by atoms with van der Waals surface area (Å²) in [6, 6.07) is 0. The molecule has 0 aromatic rings. The fourth-order valence-electron chi connectivity index (χ4n) is 0.639. The molecule has 0 aromatic carbocycles. The number of nitrogens with zero attached hydrogens (tertiary/aromatic N) is 2. The second-order valence-corrected chi connectivity index (χ2v) is 1.96. The number of nitrogens with one attached hydrogen (secondary N) is 1. The molecule has 66 valence electrons. The van der Waals surface area contributed by atoms with Crippen molar-refractivity contribution in [2.75, 3.05) is 20.6 Å². The van der Waals surface area contributed by atoms with Crippen LogP contribution in [0.1, 0.15) is 0 Å². The predicted molar refractivity (Wildman–Crippen MR) is 39.3 cm³/mol. The van der Waals surface area contributed by atoms with Gasteiger partial charge in [-0.15, -0.1) is 0 Å². The predicted octanol–water partition coefficient (Wildman–Crippen LogP) is -0.368. The molecule has 4 nitrogen and oxygen atoms in total. The standard InChI is InChI=1S/C5H12F2N4/c1-9-5(10-8)11(2)3-4(6)7/h4H,3,8H2,1-2H3,(H,9,10). The fraction of sp³-hybridized carbons (Fsp3) is 0.800. The van der Waals surface area contributed by atoms with Gasteiger partial charge < -0.3 is 4.90 Å². The molecule has 11 heavy (non-hydrogen) atoms. The Hall–Kier alpha value is -0.910. The molecular weight excluding hydrogens is 154 g/mol. The molecule has 0 saturated carbocycles. The number of hydrazine groups is 1. The lowest BCUT2D eigenvalue weighted by molar-refractivity contribution is 0.122. The van der Waals surface area contributed by atoms with E-state index in [1.807, 2.05) is 0 Å². The third-order valence-electron chi connectivity index (χ3n) is 1.11. The van der Waals surface area contributed by atoms with Gasteiger partial charge in [0, 0.05) is 14.1 Å². The maximum absolute atomic E-state index is 11.8. The van der Waals surface area contributed by atoms with Crippen LogP contribution >= 0.6 is 0 Å². The van der Waals surface area contributed by atoms with Gasteiger partial charge in [-0.05, 0) is 0 Å². The van der Waals surface area contributed by atoms with Crippen LogP contribution < -0.4 is 11.3 Å². The number of hydrogen-bond acceptors (Lipinski definition) is 2. The Morgan fingerprint density at radius 3 is 2.55 bits per heavy atom. The largest absolute Gasteiger partial charge is 0.339 e. The SMILES string of the molecule is CN=C(NN)N(C)CC(F)F. The van der Waals surface area contributed by atoms with Gasteiger partial charge in [-0.2, -0.15) is 0 Å². The van der Waals surface area contributed by atoms with Crippen molar-refractivity contribution >= 4 is 5.96 Å². The van der Waals surface area contributed by atoms with Crippen molar-refractivity contribution in [3.8, 4) is 0 Å². The number of rotatable bonds is 2. The van der Waals surface area contributed by atoms with E-state index < -0.39 is 6.43 Å². The van der Waals surface area contributed by atoms with Crippen molar-refractivity contribution in [1.82, 2.24) is 10.3 Å². The van der Waals surface area contributed by atoms with E-state index in [0.717, 1.165) is 0 Å². The molecule has 0 aliphatic heterocycles. The van der Waals surface area contributed by atoms with Crippen LogP contribution in [0.15, 0.2) is 4.99 Å². The summed E-state index contributed by atoms with van der Waals surface area (Å²) < 4.78 is 23.5. The number of alkyl halides is 2. The molecule has 0 amide bonds. The van der Waals surface area contributed by atoms with E-state index in [4.69, 9.17) is 5.84 Å². The molecule has 0 atom stereocenters. The lowest BCUT2D eigenvalue weighted by Gasteiger charge is -2.18. The van der Waals surface area contributed by atoms with Crippen LogP contribution in [0.4, 0.5) is 8.78 Å². The van der Waals surface area contributed by atoms with Crippen molar-refractivity contribution in [2.45, 2.75) is 6.43 Å². The average Bonchev–Trinajstić information content (AvgIpc) is 1.88. The Labute approximate surface area is 64.0 Å². The topological polar surface area (TPSA) is 53.6 Å². The molecule has 0 aromatic heterocycles. The monoisotopic (exact) mass is 166 g/mol. The van der Waals surface area contributed by atoms with E-state index in [0.29, 0.717) is 0 Å². The number of hydrogen-bond donors (Lipinski definition) is 2. The molecule has 0 spiro atoms. The fourth-order valence-corrected chi connectivity index (χ4v) is 0.639. The Balaban J connectivity index is 3.90. The normalized spacial score (nSPS) is 12.0. The van der Waals surface area contributed by atoms with Crippen LogP contribution in [-0.4, -0.2) is 37.9 Å². The highest BCUT2D eigenvalue weighted by atomic mass is 19.3. The molecule has 0 aliphatic rings. The molecule has 0 saturated heterocycles. The summed E-state index contributed by atoms with van der Waals surface area (Å²) in [5.41, 5.74) is 2.20. The second-order valence-electron chi connectivity index (χ2n) is 1.96. The summed E-state index contributed by atoms with van der Waals surface area (Å²) >= 11 is 0. The Kier molecular flexibility index (Phi) is 4.44. The average molecular weight is 166 g/mol. The summed E-state index contributed by atoms with van der Waals surface area (Å²) in [7, 11) is 2.95. The lowest BCUT2D eigenvalue weighted by Crippen LogP contribution is -2.44. The van der Waals surface area contributed by atoms with Crippen molar-refractivity contribution < 1.29 is 8.78 Å². The van der Waals surface area contributed by atoms with Crippen LogP contribution in [0.2, 0.25) is 0 Å². The minimum absolute atomic E-state index is 0.241. The summed E-state index contributed by atoms with van der Waals surface area (Å²) in [5, 5.41) is 0. The first-order valence-corrected chi connectivity index (χ1v) is 3.04. The van der Waals surface area contributed by atoms with Crippen molar-refractivity contribution in [3.63, 3.8) is 0 Å². The van der Waals surface area contributed by atoms with E-state index in [9.17, 15) is 8.78 Å². The minimum atomic E-state index is -2.38. The first-order chi connectivity index (χ1) is 5.11. The van der Waals surface area contributed by atoms with Gasteiger partial charge in [-0.3, -0.25) is 10.4 Å². The zero-order valence-electron chi connectivity index (χ0n) is 6.51. The molecule has 0 radical (unpaired) electrons. The van der Waals surface area contributed by atoms with Gasteiger partial charge in [0.1, 0.15) is 0 Å². The Morgan fingerprint density at radius 1 is 1.73 bits per heavy atom. The van der Waals surface area contributed by atoms with Gasteiger partial charge in [-0.1, -0.05) is 0 Å². The summed E-state index contributed by atoms with van der Waals surface area (Å²) in [6.45, 7) is -0.378. The molecule has 0 rings (SSSR count). The zero-order chi connectivity index (χ0) is 8.85. The number of halogens is 2. The first kappa shape index (κ1) is 10.1. The van der Waals surface area contributed by atoms with Gasteiger partial charge in [0.2, 0.25) is 5.96 Å². The van der Waals surface area contributed by atoms with Crippen LogP contribution in [-0.2, 0) is 0 Å². The third-order valence-corrected chi connectivity index (χ3v) is 1.11. The Bertz CT molecular complexity index is 136. The van der Waals surface area contributed by atoms with E-state index in [1.54, 1.807) is 0 Å². The van der Waals surface area contributed by atoms with Gasteiger partial charge >= 0.3 is 0 Å².